The molecule has 0 bridgehead atoms. The van der Waals surface area contributed by atoms with Gasteiger partial charge >= 0.3 is 0 Å². The van der Waals surface area contributed by atoms with E-state index in [-0.39, 0.29) is 13.2 Å². The van der Waals surface area contributed by atoms with Gasteiger partial charge in [0.2, 0.25) is 0 Å². The molecule has 0 aromatic heterocycles. The zero-order chi connectivity index (χ0) is 9.78. The molecule has 0 aromatic carbocycles. The number of hydrogen-bond acceptors (Lipinski definition) is 3. The lowest BCUT2D eigenvalue weighted by atomic mass is 10.4. The Morgan fingerprint density at radius 3 is 1.92 bits per heavy atom. The van der Waals surface area contributed by atoms with Crippen LogP contribution in [-0.2, 0) is 14.6 Å². The van der Waals surface area contributed by atoms with Crippen molar-refractivity contribution in [3.8, 4) is 0 Å². The highest BCUT2D eigenvalue weighted by atomic mass is 16.5. The van der Waals surface area contributed by atoms with Crippen LogP contribution in [0, 0.1) is 0 Å². The molecule has 0 aliphatic rings. The van der Waals surface area contributed by atoms with Gasteiger partial charge in [0.15, 0.2) is 0 Å². The summed E-state index contributed by atoms with van der Waals surface area (Å²) < 4.78 is 10.3. The third-order valence-electron chi connectivity index (χ3n) is 1.46. The highest BCUT2D eigenvalue weighted by Crippen LogP contribution is 1.88. The molecule has 1 radical (unpaired) electrons. The zero-order valence-electron chi connectivity index (χ0n) is 8.04. The molecule has 0 aliphatic heterocycles. The van der Waals surface area contributed by atoms with Crippen molar-refractivity contribution in [3.63, 3.8) is 0 Å². The lowest BCUT2D eigenvalue weighted by molar-refractivity contribution is 0.0658. The Balaban J connectivity index is 2.76. The molecule has 0 spiro atoms. The Kier molecular flexibility index (Phi) is 11.7. The van der Waals surface area contributed by atoms with Crippen molar-refractivity contribution in [1.29, 1.82) is 0 Å². The van der Waals surface area contributed by atoms with Crippen molar-refractivity contribution in [2.24, 2.45) is 0 Å². The molecule has 13 heavy (non-hydrogen) atoms. The Hall–Kier alpha value is -0.160. The SMILES string of the molecule is [O]CCCOCCCOCCCO. The fraction of sp³-hybridized carbons (Fsp3) is 1.00. The van der Waals surface area contributed by atoms with E-state index in [4.69, 9.17) is 14.6 Å². The normalized spacial score (nSPS) is 10.6. The van der Waals surface area contributed by atoms with E-state index in [1.807, 2.05) is 0 Å². The van der Waals surface area contributed by atoms with E-state index >= 15 is 0 Å². The van der Waals surface area contributed by atoms with Gasteiger partial charge in [-0.15, -0.1) is 0 Å². The molecular weight excluding hydrogens is 172 g/mol. The number of rotatable bonds is 10. The molecule has 0 rings (SSSR count). The molecule has 0 saturated carbocycles. The minimum absolute atomic E-state index is 0.0625. The van der Waals surface area contributed by atoms with Crippen molar-refractivity contribution >= 4 is 0 Å². The van der Waals surface area contributed by atoms with Gasteiger partial charge in [-0.05, 0) is 19.3 Å². The van der Waals surface area contributed by atoms with E-state index in [0.717, 1.165) is 6.42 Å². The molecule has 1 N–H and O–H groups in total. The monoisotopic (exact) mass is 191 g/mol. The predicted octanol–water partition coefficient (Wildman–Crippen LogP) is 0.613. The van der Waals surface area contributed by atoms with Gasteiger partial charge in [0.25, 0.3) is 0 Å². The highest BCUT2D eigenvalue weighted by Gasteiger charge is 1.90. The second-order valence-corrected chi connectivity index (χ2v) is 2.71. The van der Waals surface area contributed by atoms with Crippen LogP contribution in [-0.4, -0.2) is 44.7 Å². The molecule has 0 atom stereocenters. The second kappa shape index (κ2) is 11.8. The molecule has 0 unspecified atom stereocenters. The van der Waals surface area contributed by atoms with Gasteiger partial charge in [-0.25, -0.2) is 5.11 Å². The standard InChI is InChI=1S/C9H19O4/c10-4-1-6-12-8-3-9-13-7-2-5-11/h10H,1-9H2. The topological polar surface area (TPSA) is 58.6 Å². The number of aliphatic hydroxyl groups is 1. The first kappa shape index (κ1) is 12.8. The molecule has 0 heterocycles. The van der Waals surface area contributed by atoms with Crippen LogP contribution in [0.15, 0.2) is 0 Å². The third kappa shape index (κ3) is 11.8. The van der Waals surface area contributed by atoms with E-state index in [1.165, 1.54) is 0 Å². The van der Waals surface area contributed by atoms with Crippen molar-refractivity contribution in [2.45, 2.75) is 19.3 Å². The van der Waals surface area contributed by atoms with Crippen LogP contribution in [0.5, 0.6) is 0 Å². The van der Waals surface area contributed by atoms with Crippen molar-refractivity contribution in [1.82, 2.24) is 0 Å². The Labute approximate surface area is 79.5 Å². The summed E-state index contributed by atoms with van der Waals surface area (Å²) in [6, 6.07) is 0. The Morgan fingerprint density at radius 1 is 0.846 bits per heavy atom. The molecule has 79 valence electrons. The molecule has 0 saturated heterocycles. The largest absolute Gasteiger partial charge is 0.396 e. The average Bonchev–Trinajstić information content (AvgIpc) is 2.16. The van der Waals surface area contributed by atoms with Gasteiger partial charge in [0.05, 0.1) is 6.61 Å². The van der Waals surface area contributed by atoms with Gasteiger partial charge in [-0.2, -0.15) is 0 Å². The fourth-order valence-corrected chi connectivity index (χ4v) is 0.795. The maximum atomic E-state index is 10.0. The highest BCUT2D eigenvalue weighted by molar-refractivity contribution is 4.37. The van der Waals surface area contributed by atoms with E-state index in [2.05, 4.69) is 0 Å². The summed E-state index contributed by atoms with van der Waals surface area (Å²) in [6.45, 7) is 2.60. The molecule has 0 aromatic rings. The summed E-state index contributed by atoms with van der Waals surface area (Å²) >= 11 is 0. The summed E-state index contributed by atoms with van der Waals surface area (Å²) in [5.41, 5.74) is 0. The summed E-state index contributed by atoms with van der Waals surface area (Å²) in [7, 11) is 0. The van der Waals surface area contributed by atoms with Crippen molar-refractivity contribution in [3.05, 3.63) is 0 Å². The van der Waals surface area contributed by atoms with Crippen LogP contribution in [0.25, 0.3) is 0 Å². The Morgan fingerprint density at radius 2 is 1.38 bits per heavy atom. The summed E-state index contributed by atoms with van der Waals surface area (Å²) in [4.78, 5) is 0. The average molecular weight is 191 g/mol. The quantitative estimate of drug-likeness (QED) is 0.515. The molecule has 0 amide bonds. The summed E-state index contributed by atoms with van der Waals surface area (Å²) in [5.74, 6) is 0. The van der Waals surface area contributed by atoms with Crippen LogP contribution in [0.2, 0.25) is 0 Å². The smallest absolute Gasteiger partial charge is 0.0844 e. The minimum Gasteiger partial charge on any atom is -0.396 e. The minimum atomic E-state index is -0.0625. The van der Waals surface area contributed by atoms with Gasteiger partial charge < -0.3 is 14.6 Å². The summed E-state index contributed by atoms with van der Waals surface area (Å²) in [5, 5.41) is 18.4. The molecular formula is C9H19O4. The molecule has 0 fully saturated rings. The number of hydrogen-bond donors (Lipinski definition) is 1. The lowest BCUT2D eigenvalue weighted by Gasteiger charge is -2.03. The van der Waals surface area contributed by atoms with Gasteiger partial charge in [0, 0.05) is 33.0 Å². The lowest BCUT2D eigenvalue weighted by Crippen LogP contribution is -2.04. The molecule has 0 aliphatic carbocycles. The van der Waals surface area contributed by atoms with Crippen LogP contribution < -0.4 is 0 Å². The maximum Gasteiger partial charge on any atom is 0.0844 e. The van der Waals surface area contributed by atoms with E-state index < -0.39 is 0 Å². The summed E-state index contributed by atoms with van der Waals surface area (Å²) in [6.07, 6.45) is 2.13. The fourth-order valence-electron chi connectivity index (χ4n) is 0.795. The Bertz CT molecular complexity index is 77.7. The molecule has 4 heteroatoms. The van der Waals surface area contributed by atoms with Gasteiger partial charge in [0.1, 0.15) is 0 Å². The van der Waals surface area contributed by atoms with E-state index in [1.54, 1.807) is 0 Å². The first-order valence-corrected chi connectivity index (χ1v) is 4.76. The van der Waals surface area contributed by atoms with Crippen LogP contribution in [0.4, 0.5) is 0 Å². The first-order valence-electron chi connectivity index (χ1n) is 4.76. The zero-order valence-corrected chi connectivity index (χ0v) is 8.04. The second-order valence-electron chi connectivity index (χ2n) is 2.71. The van der Waals surface area contributed by atoms with Crippen molar-refractivity contribution in [2.75, 3.05) is 39.6 Å². The number of ether oxygens (including phenoxy) is 2. The van der Waals surface area contributed by atoms with Gasteiger partial charge in [-0.3, -0.25) is 0 Å². The number of aliphatic hydroxyl groups excluding tert-OH is 1. The van der Waals surface area contributed by atoms with Crippen molar-refractivity contribution < 1.29 is 19.7 Å². The predicted molar refractivity (Wildman–Crippen MR) is 48.1 cm³/mol. The van der Waals surface area contributed by atoms with E-state index in [0.29, 0.717) is 39.3 Å². The maximum absolute atomic E-state index is 10.0. The van der Waals surface area contributed by atoms with Crippen LogP contribution in [0.1, 0.15) is 19.3 Å². The van der Waals surface area contributed by atoms with Crippen LogP contribution >= 0.6 is 0 Å². The van der Waals surface area contributed by atoms with Crippen LogP contribution in [0.3, 0.4) is 0 Å². The first-order chi connectivity index (χ1) is 6.41. The van der Waals surface area contributed by atoms with Gasteiger partial charge in [-0.1, -0.05) is 0 Å². The third-order valence-corrected chi connectivity index (χ3v) is 1.46. The molecule has 4 nitrogen and oxygen atoms in total. The van der Waals surface area contributed by atoms with E-state index in [9.17, 15) is 5.11 Å².